The highest BCUT2D eigenvalue weighted by Crippen LogP contribution is 2.23. The number of pyridine rings is 1. The molecular weight excluding hydrogens is 414 g/mol. The van der Waals surface area contributed by atoms with E-state index in [1.54, 1.807) is 10.7 Å². The highest BCUT2D eigenvalue weighted by atomic mass is 16.5. The molecule has 2 aliphatic rings. The minimum atomic E-state index is 0.0184. The second-order valence-corrected chi connectivity index (χ2v) is 9.20. The smallest absolute Gasteiger partial charge is 0.255 e. The summed E-state index contributed by atoms with van der Waals surface area (Å²) in [5.41, 5.74) is 2.70. The van der Waals surface area contributed by atoms with Crippen LogP contribution in [-0.2, 0) is 6.42 Å². The molecule has 3 aromatic rings. The van der Waals surface area contributed by atoms with Gasteiger partial charge in [0.1, 0.15) is 18.7 Å². The van der Waals surface area contributed by atoms with E-state index in [1.165, 1.54) is 44.1 Å². The third-order valence-corrected chi connectivity index (χ3v) is 6.98. The summed E-state index contributed by atoms with van der Waals surface area (Å²) in [4.78, 5) is 22.2. The number of amides is 1. The molecule has 33 heavy (non-hydrogen) atoms. The lowest BCUT2D eigenvalue weighted by Gasteiger charge is -2.36. The molecule has 1 atom stereocenters. The molecule has 7 heteroatoms. The number of hydrogen-bond donors (Lipinski definition) is 0. The molecule has 5 rings (SSSR count). The number of aryl methyl sites for hydroxylation is 1. The van der Waals surface area contributed by atoms with Crippen LogP contribution in [-0.4, -0.2) is 69.1 Å². The van der Waals surface area contributed by atoms with Crippen molar-refractivity contribution in [2.24, 2.45) is 0 Å². The quantitative estimate of drug-likeness (QED) is 0.567. The summed E-state index contributed by atoms with van der Waals surface area (Å²) in [6.07, 6.45) is 11.6. The standard InChI is InChI=1S/C26H33N5O2/c32-26(22-10-12-25-27-20-28-31(25)19-22)30-15-4-3-14-29-13-2-1-7-23(29)11-9-21-6-5-8-24(18-21)33-17-16-30/h5-6,8,10,12,18-20,23H,1-4,7,9,11,13-17H2. The zero-order chi connectivity index (χ0) is 22.5. The highest BCUT2D eigenvalue weighted by Gasteiger charge is 2.22. The van der Waals surface area contributed by atoms with Crippen LogP contribution in [0.1, 0.15) is 54.4 Å². The number of rotatable bonds is 1. The molecule has 2 aromatic heterocycles. The number of carbonyl (C=O) groups excluding carboxylic acids is 1. The lowest BCUT2D eigenvalue weighted by atomic mass is 9.95. The van der Waals surface area contributed by atoms with Gasteiger partial charge >= 0.3 is 0 Å². The first kappa shape index (κ1) is 21.9. The maximum atomic E-state index is 13.4. The van der Waals surface area contributed by atoms with Crippen LogP contribution in [0, 0.1) is 0 Å². The summed E-state index contributed by atoms with van der Waals surface area (Å²) >= 11 is 0. The lowest BCUT2D eigenvalue weighted by molar-refractivity contribution is 0.0721. The van der Waals surface area contributed by atoms with Crippen molar-refractivity contribution in [3.8, 4) is 5.75 Å². The van der Waals surface area contributed by atoms with Gasteiger partial charge in [-0.25, -0.2) is 9.50 Å². The predicted molar refractivity (Wildman–Crippen MR) is 128 cm³/mol. The average Bonchev–Trinajstić information content (AvgIpc) is 3.32. The van der Waals surface area contributed by atoms with Crippen LogP contribution in [0.15, 0.2) is 48.9 Å². The van der Waals surface area contributed by atoms with Crippen molar-refractivity contribution in [2.75, 3.05) is 32.8 Å². The second-order valence-electron chi connectivity index (χ2n) is 9.20. The van der Waals surface area contributed by atoms with Crippen LogP contribution in [0.2, 0.25) is 0 Å². The van der Waals surface area contributed by atoms with E-state index in [2.05, 4.69) is 33.2 Å². The SMILES string of the molecule is O=C(c1ccc2ncnn2c1)N1CCCCN2CCCCC2CCc2cccc(c2)OCC1. The van der Waals surface area contributed by atoms with Gasteiger partial charge in [-0.1, -0.05) is 18.6 Å². The minimum Gasteiger partial charge on any atom is -0.492 e. The van der Waals surface area contributed by atoms with Crippen molar-refractivity contribution in [3.05, 3.63) is 60.0 Å². The van der Waals surface area contributed by atoms with Gasteiger partial charge in [-0.2, -0.15) is 5.10 Å². The average molecular weight is 448 g/mol. The largest absolute Gasteiger partial charge is 0.492 e. The van der Waals surface area contributed by atoms with Crippen LogP contribution >= 0.6 is 0 Å². The van der Waals surface area contributed by atoms with Gasteiger partial charge in [0, 0.05) is 18.8 Å². The summed E-state index contributed by atoms with van der Waals surface area (Å²) in [6.45, 7) is 4.10. The van der Waals surface area contributed by atoms with Gasteiger partial charge < -0.3 is 14.5 Å². The predicted octanol–water partition coefficient (Wildman–Crippen LogP) is 3.83. The van der Waals surface area contributed by atoms with Crippen LogP contribution < -0.4 is 4.74 Å². The molecule has 1 saturated heterocycles. The van der Waals surface area contributed by atoms with Gasteiger partial charge in [0.15, 0.2) is 5.65 Å². The number of fused-ring (bicyclic) bond motifs is 4. The van der Waals surface area contributed by atoms with Gasteiger partial charge in [-0.05, 0) is 81.4 Å². The molecule has 174 valence electrons. The van der Waals surface area contributed by atoms with Gasteiger partial charge in [0.25, 0.3) is 5.91 Å². The summed E-state index contributed by atoms with van der Waals surface area (Å²) in [6, 6.07) is 12.8. The lowest BCUT2D eigenvalue weighted by Crippen LogP contribution is -2.40. The van der Waals surface area contributed by atoms with Crippen molar-refractivity contribution < 1.29 is 9.53 Å². The minimum absolute atomic E-state index is 0.0184. The van der Waals surface area contributed by atoms with Crippen LogP contribution in [0.3, 0.4) is 0 Å². The molecule has 2 aliphatic heterocycles. The Morgan fingerprint density at radius 3 is 2.79 bits per heavy atom. The van der Waals surface area contributed by atoms with E-state index < -0.39 is 0 Å². The third-order valence-electron chi connectivity index (χ3n) is 6.98. The second kappa shape index (κ2) is 10.3. The highest BCUT2D eigenvalue weighted by molar-refractivity contribution is 5.94. The Kier molecular flexibility index (Phi) is 6.86. The number of aromatic nitrogens is 3. The Balaban J connectivity index is 1.33. The van der Waals surface area contributed by atoms with Crippen molar-refractivity contribution in [1.82, 2.24) is 24.4 Å². The molecule has 4 heterocycles. The zero-order valence-corrected chi connectivity index (χ0v) is 19.2. The number of ether oxygens (including phenoxy) is 1. The first-order valence-corrected chi connectivity index (χ1v) is 12.3. The van der Waals surface area contributed by atoms with E-state index in [1.807, 2.05) is 23.1 Å². The van der Waals surface area contributed by atoms with Crippen LogP contribution in [0.25, 0.3) is 5.65 Å². The number of piperidine rings is 1. The van der Waals surface area contributed by atoms with Crippen molar-refractivity contribution in [3.63, 3.8) is 0 Å². The monoisotopic (exact) mass is 447 g/mol. The Hall–Kier alpha value is -2.93. The molecule has 1 unspecified atom stereocenters. The third kappa shape index (κ3) is 5.36. The summed E-state index contributed by atoms with van der Waals surface area (Å²) in [7, 11) is 0. The Morgan fingerprint density at radius 2 is 1.85 bits per heavy atom. The fourth-order valence-electron chi connectivity index (χ4n) is 5.14. The molecule has 7 nitrogen and oxygen atoms in total. The molecule has 2 bridgehead atoms. The van der Waals surface area contributed by atoms with Gasteiger partial charge in [0.05, 0.1) is 12.1 Å². The first-order chi connectivity index (χ1) is 16.3. The fourth-order valence-corrected chi connectivity index (χ4v) is 5.14. The van der Waals surface area contributed by atoms with E-state index in [4.69, 9.17) is 4.74 Å². The molecule has 0 spiro atoms. The first-order valence-electron chi connectivity index (χ1n) is 12.3. The van der Waals surface area contributed by atoms with E-state index in [0.717, 1.165) is 43.7 Å². The van der Waals surface area contributed by atoms with Crippen molar-refractivity contribution in [1.29, 1.82) is 0 Å². The molecule has 0 radical (unpaired) electrons. The van der Waals surface area contributed by atoms with E-state index in [-0.39, 0.29) is 5.91 Å². The molecule has 1 amide bonds. The van der Waals surface area contributed by atoms with Crippen molar-refractivity contribution >= 4 is 11.6 Å². The number of benzene rings is 1. The summed E-state index contributed by atoms with van der Waals surface area (Å²) in [5, 5.41) is 4.18. The van der Waals surface area contributed by atoms with Gasteiger partial charge in [0.2, 0.25) is 0 Å². The van der Waals surface area contributed by atoms with E-state index >= 15 is 0 Å². The molecular formula is C26H33N5O2. The number of nitrogens with zero attached hydrogens (tertiary/aromatic N) is 5. The number of carbonyl (C=O) groups is 1. The van der Waals surface area contributed by atoms with E-state index in [0.29, 0.717) is 24.8 Å². The Morgan fingerprint density at radius 1 is 0.970 bits per heavy atom. The molecule has 1 fully saturated rings. The zero-order valence-electron chi connectivity index (χ0n) is 19.2. The van der Waals surface area contributed by atoms with Gasteiger partial charge in [-0.3, -0.25) is 4.79 Å². The number of hydrogen-bond acceptors (Lipinski definition) is 5. The van der Waals surface area contributed by atoms with E-state index in [9.17, 15) is 4.79 Å². The maximum absolute atomic E-state index is 13.4. The molecule has 0 aliphatic carbocycles. The molecule has 1 aromatic carbocycles. The van der Waals surface area contributed by atoms with Crippen LogP contribution in [0.5, 0.6) is 5.75 Å². The maximum Gasteiger partial charge on any atom is 0.255 e. The van der Waals surface area contributed by atoms with Gasteiger partial charge in [-0.15, -0.1) is 0 Å². The Labute approximate surface area is 195 Å². The molecule has 0 saturated carbocycles. The molecule has 0 N–H and O–H groups in total. The normalized spacial score (nSPS) is 21.0. The summed E-state index contributed by atoms with van der Waals surface area (Å²) < 4.78 is 7.72. The van der Waals surface area contributed by atoms with Crippen LogP contribution in [0.4, 0.5) is 0 Å². The summed E-state index contributed by atoms with van der Waals surface area (Å²) in [5.74, 6) is 0.907. The van der Waals surface area contributed by atoms with Crippen molar-refractivity contribution in [2.45, 2.75) is 51.0 Å². The fraction of sp³-hybridized carbons (Fsp3) is 0.500. The topological polar surface area (TPSA) is 63.0 Å². The Bertz CT molecular complexity index is 1080.